The fraction of sp³-hybridized carbons (Fsp3) is 0.417. The van der Waals surface area contributed by atoms with Gasteiger partial charge in [0.05, 0.1) is 23.8 Å². The van der Waals surface area contributed by atoms with Gasteiger partial charge in [0, 0.05) is 11.5 Å². The van der Waals surface area contributed by atoms with Crippen molar-refractivity contribution in [1.29, 1.82) is 0 Å². The van der Waals surface area contributed by atoms with E-state index in [-0.39, 0.29) is 61.0 Å². The van der Waals surface area contributed by atoms with Gasteiger partial charge in [0.2, 0.25) is 11.7 Å². The largest absolute Gasteiger partial charge is 0.508 e. The highest BCUT2D eigenvalue weighted by molar-refractivity contribution is 6.24. The zero-order valence-electron chi connectivity index (χ0n) is 20.8. The van der Waals surface area contributed by atoms with Crippen LogP contribution in [0.1, 0.15) is 17.5 Å². The summed E-state index contributed by atoms with van der Waals surface area (Å²) in [5, 5.41) is 49.6. The lowest BCUT2D eigenvalue weighted by Crippen LogP contribution is -2.65. The van der Waals surface area contributed by atoms with Crippen molar-refractivity contribution in [3.05, 3.63) is 40.2 Å². The first-order chi connectivity index (χ1) is 16.9. The van der Waals surface area contributed by atoms with E-state index in [1.54, 1.807) is 13.1 Å². The number of primary amides is 1. The maximum absolute atomic E-state index is 13.7. The minimum Gasteiger partial charge on any atom is -0.508 e. The summed E-state index contributed by atoms with van der Waals surface area (Å²) in [4.78, 5) is 52.2. The van der Waals surface area contributed by atoms with Gasteiger partial charge in [-0.2, -0.15) is 0 Å². The molecule has 3 aliphatic carbocycles. The van der Waals surface area contributed by atoms with Gasteiger partial charge in [0.1, 0.15) is 22.8 Å². The number of nitrogens with zero attached hydrogens (tertiary/aromatic N) is 1. The van der Waals surface area contributed by atoms with E-state index >= 15 is 0 Å². The number of halogens is 2. The molecule has 12 nitrogen and oxygen atoms in total. The van der Waals surface area contributed by atoms with Gasteiger partial charge in [0.25, 0.3) is 5.91 Å². The molecule has 0 saturated heterocycles. The molecule has 0 aromatic heterocycles. The van der Waals surface area contributed by atoms with Crippen LogP contribution in [0.5, 0.6) is 5.75 Å². The number of fused-ring (bicyclic) bond motifs is 3. The highest BCUT2D eigenvalue weighted by atomic mass is 35.5. The summed E-state index contributed by atoms with van der Waals surface area (Å²) in [6.45, 7) is -0.0296. The van der Waals surface area contributed by atoms with Crippen molar-refractivity contribution in [1.82, 2.24) is 10.2 Å². The molecule has 4 atom stereocenters. The van der Waals surface area contributed by atoms with Crippen LogP contribution in [0.15, 0.2) is 29.0 Å². The Morgan fingerprint density at radius 1 is 1.16 bits per heavy atom. The Labute approximate surface area is 230 Å². The number of carbonyl (C=O) groups is 4. The maximum atomic E-state index is 13.7. The normalized spacial score (nSPS) is 26.1. The summed E-state index contributed by atoms with van der Waals surface area (Å²) in [7, 11) is 4.65. The van der Waals surface area contributed by atoms with Crippen molar-refractivity contribution >= 4 is 59.6 Å². The molecule has 0 bridgehead atoms. The number of ketones is 2. The number of phenols is 1. The number of Topliss-reactive ketones (excluding diaryl/α,β-unsaturated/α-hetero) is 2. The van der Waals surface area contributed by atoms with Crippen LogP contribution in [0.2, 0.25) is 0 Å². The molecule has 2 unspecified atom stereocenters. The molecule has 0 aliphatic heterocycles. The average molecular weight is 573 g/mol. The van der Waals surface area contributed by atoms with Crippen LogP contribution < -0.4 is 16.4 Å². The van der Waals surface area contributed by atoms with Gasteiger partial charge in [-0.25, -0.2) is 0 Å². The van der Waals surface area contributed by atoms with Crippen molar-refractivity contribution in [3.8, 4) is 5.75 Å². The van der Waals surface area contributed by atoms with E-state index in [0.29, 0.717) is 5.56 Å². The zero-order chi connectivity index (χ0) is 26.7. The lowest BCUT2D eigenvalue weighted by Gasteiger charge is -2.50. The average Bonchev–Trinajstić information content (AvgIpc) is 2.78. The predicted molar refractivity (Wildman–Crippen MR) is 141 cm³/mol. The highest BCUT2D eigenvalue weighted by Gasteiger charge is 2.64. The molecule has 0 heterocycles. The SMILES string of the molecule is CNCC(=O)Nc1ccc2c(c1O)C(O)=C1C(=O)[C@]3(O)C(O)=C(C(N)=O)C(=O)[C@@H](N(C)C)C3CC1C2.Cl.Cl. The summed E-state index contributed by atoms with van der Waals surface area (Å²) in [5.74, 6) is -7.66. The molecule has 4 rings (SSSR count). The van der Waals surface area contributed by atoms with Crippen molar-refractivity contribution < 1.29 is 39.6 Å². The van der Waals surface area contributed by atoms with Crippen LogP contribution in [0, 0.1) is 11.8 Å². The van der Waals surface area contributed by atoms with E-state index < -0.39 is 69.7 Å². The van der Waals surface area contributed by atoms with Gasteiger partial charge < -0.3 is 36.8 Å². The zero-order valence-corrected chi connectivity index (χ0v) is 22.4. The van der Waals surface area contributed by atoms with Crippen LogP contribution >= 0.6 is 24.8 Å². The number of anilines is 1. The van der Waals surface area contributed by atoms with E-state index in [1.165, 1.54) is 25.1 Å². The Balaban J connectivity index is 0.00000253. The number of amides is 2. The number of aromatic hydroxyl groups is 1. The molecule has 0 radical (unpaired) electrons. The number of phenolic OH excluding ortho intramolecular Hbond substituents is 1. The summed E-state index contributed by atoms with van der Waals surface area (Å²) in [6, 6.07) is 1.93. The molecule has 1 aromatic carbocycles. The second-order valence-electron chi connectivity index (χ2n) is 9.54. The third kappa shape index (κ3) is 4.41. The van der Waals surface area contributed by atoms with Gasteiger partial charge in [-0.05, 0) is 51.5 Å². The number of rotatable bonds is 5. The first kappa shape index (κ1) is 31.1. The smallest absolute Gasteiger partial charge is 0.255 e. The maximum Gasteiger partial charge on any atom is 0.255 e. The van der Waals surface area contributed by atoms with E-state index in [0.717, 1.165) is 0 Å². The monoisotopic (exact) mass is 572 g/mol. The number of aliphatic hydroxyl groups is 3. The van der Waals surface area contributed by atoms with Gasteiger partial charge in [0.15, 0.2) is 11.4 Å². The van der Waals surface area contributed by atoms with Gasteiger partial charge in [-0.3, -0.25) is 24.1 Å². The van der Waals surface area contributed by atoms with Crippen LogP contribution in [0.25, 0.3) is 5.76 Å². The van der Waals surface area contributed by atoms with Crippen LogP contribution in [0.4, 0.5) is 5.69 Å². The summed E-state index contributed by atoms with van der Waals surface area (Å²) < 4.78 is 0. The van der Waals surface area contributed by atoms with E-state index in [4.69, 9.17) is 5.73 Å². The number of benzene rings is 1. The van der Waals surface area contributed by atoms with Crippen molar-refractivity contribution in [3.63, 3.8) is 0 Å². The molecular formula is C24H30Cl2N4O8. The molecule has 208 valence electrons. The molecule has 0 spiro atoms. The number of nitrogens with two attached hydrogens (primary N) is 1. The number of hydrogen-bond acceptors (Lipinski definition) is 10. The second-order valence-corrected chi connectivity index (χ2v) is 9.54. The second kappa shape index (κ2) is 10.9. The van der Waals surface area contributed by atoms with Gasteiger partial charge in [-0.1, -0.05) is 6.07 Å². The molecular weight excluding hydrogens is 543 g/mol. The lowest BCUT2D eigenvalue weighted by atomic mass is 9.57. The predicted octanol–water partition coefficient (Wildman–Crippen LogP) is -0.0345. The fourth-order valence-corrected chi connectivity index (χ4v) is 5.67. The number of aliphatic hydroxyl groups excluding tert-OH is 2. The third-order valence-electron chi connectivity index (χ3n) is 7.20. The standard InChI is InChI=1S/C24H28N4O8.2ClH/c1-26-8-13(29)27-12-5-4-9-6-10-7-11-17(28(2)3)20(32)16(23(25)35)22(34)24(11,36)21(33)15(10)19(31)14(9)18(12)30;;/h4-5,10-11,17,26,30-31,34,36H,6-8H2,1-3H3,(H2,25,35)(H,27,29);2*1H/t10?,11?,17-,24-;;/m0../s1. The molecule has 3 aliphatic rings. The van der Waals surface area contributed by atoms with Crippen molar-refractivity contribution in [2.75, 3.05) is 33.0 Å². The Bertz CT molecular complexity index is 1280. The molecule has 1 aromatic rings. The van der Waals surface area contributed by atoms with Gasteiger partial charge in [-0.15, -0.1) is 24.8 Å². The quantitative estimate of drug-likeness (QED) is 0.185. The molecule has 1 saturated carbocycles. The molecule has 8 N–H and O–H groups in total. The van der Waals surface area contributed by atoms with Crippen LogP contribution in [0.3, 0.4) is 0 Å². The fourth-order valence-electron chi connectivity index (χ4n) is 5.67. The summed E-state index contributed by atoms with van der Waals surface area (Å²) >= 11 is 0. The van der Waals surface area contributed by atoms with Gasteiger partial charge >= 0.3 is 0 Å². The minimum absolute atomic E-state index is 0. The Hall–Kier alpha value is -3.16. The van der Waals surface area contributed by atoms with E-state index in [1.807, 2.05) is 0 Å². The Morgan fingerprint density at radius 3 is 2.34 bits per heavy atom. The first-order valence-electron chi connectivity index (χ1n) is 11.3. The minimum atomic E-state index is -2.70. The van der Waals surface area contributed by atoms with Crippen molar-refractivity contribution in [2.45, 2.75) is 24.5 Å². The Kier molecular flexibility index (Phi) is 8.92. The number of nitrogens with one attached hydrogen (secondary N) is 2. The molecule has 38 heavy (non-hydrogen) atoms. The summed E-state index contributed by atoms with van der Waals surface area (Å²) in [5.41, 5.74) is 1.90. The molecule has 14 heteroatoms. The van der Waals surface area contributed by atoms with Crippen LogP contribution in [-0.2, 0) is 25.6 Å². The number of carbonyl (C=O) groups excluding carboxylic acids is 4. The molecule has 1 fully saturated rings. The third-order valence-corrected chi connectivity index (χ3v) is 7.20. The molecule has 2 amide bonds. The van der Waals surface area contributed by atoms with Crippen molar-refractivity contribution in [2.24, 2.45) is 17.6 Å². The highest BCUT2D eigenvalue weighted by Crippen LogP contribution is 2.53. The Morgan fingerprint density at radius 2 is 1.79 bits per heavy atom. The first-order valence-corrected chi connectivity index (χ1v) is 11.3. The number of hydrogen-bond donors (Lipinski definition) is 7. The van der Waals surface area contributed by atoms with E-state index in [9.17, 15) is 39.6 Å². The van der Waals surface area contributed by atoms with E-state index in [2.05, 4.69) is 10.6 Å². The topological polar surface area (TPSA) is 203 Å². The number of likely N-dealkylation sites (N-methyl/N-ethyl adjacent to an activating group) is 2. The van der Waals surface area contributed by atoms with Crippen LogP contribution in [-0.4, -0.2) is 88.0 Å². The lowest BCUT2D eigenvalue weighted by molar-refractivity contribution is -0.153. The summed E-state index contributed by atoms with van der Waals surface area (Å²) in [6.07, 6.45) is 0.181.